The highest BCUT2D eigenvalue weighted by atomic mass is 127. The number of ether oxygens (including phenoxy) is 3. The van der Waals surface area contributed by atoms with E-state index in [1.54, 1.807) is 14.2 Å². The van der Waals surface area contributed by atoms with Gasteiger partial charge >= 0.3 is 5.97 Å². The highest BCUT2D eigenvalue weighted by Gasteiger charge is 2.35. The lowest BCUT2D eigenvalue weighted by atomic mass is 10.1. The SMILES string of the molecule is COC(=O)C1CC=C(c2ccc(OC)c(OC)c2)[NH+]1C.[I-]. The van der Waals surface area contributed by atoms with Gasteiger partial charge in [0.05, 0.1) is 28.4 Å². The van der Waals surface area contributed by atoms with Gasteiger partial charge in [0.15, 0.2) is 17.5 Å². The average molecular weight is 405 g/mol. The van der Waals surface area contributed by atoms with Crippen LogP contribution in [0.1, 0.15) is 12.0 Å². The van der Waals surface area contributed by atoms with E-state index >= 15 is 0 Å². The summed E-state index contributed by atoms with van der Waals surface area (Å²) in [5, 5.41) is 0. The third-order valence-electron chi connectivity index (χ3n) is 3.69. The van der Waals surface area contributed by atoms with Crippen molar-refractivity contribution in [2.45, 2.75) is 12.5 Å². The summed E-state index contributed by atoms with van der Waals surface area (Å²) >= 11 is 0. The lowest BCUT2D eigenvalue weighted by Gasteiger charge is -2.18. The predicted molar refractivity (Wildman–Crippen MR) is 74.8 cm³/mol. The Morgan fingerprint density at radius 2 is 1.86 bits per heavy atom. The molecule has 1 aliphatic heterocycles. The van der Waals surface area contributed by atoms with E-state index in [4.69, 9.17) is 14.2 Å². The number of quaternary nitrogens is 1. The van der Waals surface area contributed by atoms with Crippen molar-refractivity contribution in [1.29, 1.82) is 0 Å². The van der Waals surface area contributed by atoms with E-state index in [0.717, 1.165) is 16.2 Å². The second-order valence-electron chi connectivity index (χ2n) is 4.68. The highest BCUT2D eigenvalue weighted by Crippen LogP contribution is 2.30. The predicted octanol–water partition coefficient (Wildman–Crippen LogP) is -2.49. The molecule has 2 rings (SSSR count). The van der Waals surface area contributed by atoms with E-state index < -0.39 is 0 Å². The molecule has 6 heteroatoms. The van der Waals surface area contributed by atoms with Gasteiger partial charge in [-0.1, -0.05) is 0 Å². The quantitative estimate of drug-likeness (QED) is 0.445. The van der Waals surface area contributed by atoms with Crippen LogP contribution in [0, 0.1) is 0 Å². The molecule has 1 heterocycles. The van der Waals surface area contributed by atoms with Gasteiger partial charge in [-0.05, 0) is 24.3 Å². The standard InChI is InChI=1S/C15H19NO4.HI/c1-16-11(6-7-12(16)15(17)20-4)10-5-8-13(18-2)14(9-10)19-3;/h5-6,8-9,12H,7H2,1-4H3;1H. The number of carbonyl (C=O) groups excluding carboxylic acids is 1. The molecule has 1 aliphatic rings. The Morgan fingerprint density at radius 3 is 2.43 bits per heavy atom. The molecule has 21 heavy (non-hydrogen) atoms. The molecule has 1 N–H and O–H groups in total. The molecule has 0 aliphatic carbocycles. The molecule has 0 amide bonds. The largest absolute Gasteiger partial charge is 1.00 e. The molecule has 0 spiro atoms. The van der Waals surface area contributed by atoms with Gasteiger partial charge in [0.25, 0.3) is 0 Å². The molecule has 0 fully saturated rings. The van der Waals surface area contributed by atoms with Gasteiger partial charge in [-0.3, -0.25) is 4.90 Å². The lowest BCUT2D eigenvalue weighted by Crippen LogP contribution is -3.10. The first kappa shape index (κ1) is 17.8. The zero-order chi connectivity index (χ0) is 14.7. The van der Waals surface area contributed by atoms with E-state index in [1.807, 2.05) is 25.2 Å². The summed E-state index contributed by atoms with van der Waals surface area (Å²) in [4.78, 5) is 12.7. The van der Waals surface area contributed by atoms with Crippen molar-refractivity contribution in [2.75, 3.05) is 28.4 Å². The molecule has 0 saturated carbocycles. The van der Waals surface area contributed by atoms with E-state index in [0.29, 0.717) is 17.9 Å². The Kier molecular flexibility index (Phi) is 6.47. The molecule has 1 aromatic carbocycles. The van der Waals surface area contributed by atoms with Crippen LogP contribution in [0.2, 0.25) is 0 Å². The van der Waals surface area contributed by atoms with Crippen LogP contribution in [0.5, 0.6) is 11.5 Å². The molecular formula is C15H20INO4. The van der Waals surface area contributed by atoms with Gasteiger partial charge in [0, 0.05) is 12.0 Å². The van der Waals surface area contributed by atoms with E-state index in [-0.39, 0.29) is 36.0 Å². The first-order valence-electron chi connectivity index (χ1n) is 6.46. The van der Waals surface area contributed by atoms with Crippen LogP contribution in [-0.4, -0.2) is 40.4 Å². The molecule has 0 saturated heterocycles. The number of benzene rings is 1. The second-order valence-corrected chi connectivity index (χ2v) is 4.68. The van der Waals surface area contributed by atoms with Gasteiger partial charge in [-0.2, -0.15) is 0 Å². The third kappa shape index (κ3) is 3.49. The Bertz CT molecular complexity index is 544. The number of esters is 1. The molecule has 0 radical (unpaired) electrons. The van der Waals surface area contributed by atoms with Gasteiger partial charge in [0.2, 0.25) is 0 Å². The van der Waals surface area contributed by atoms with Crippen molar-refractivity contribution in [1.82, 2.24) is 0 Å². The van der Waals surface area contributed by atoms with E-state index in [1.165, 1.54) is 7.11 Å². The molecule has 2 unspecified atom stereocenters. The van der Waals surface area contributed by atoms with E-state index in [9.17, 15) is 4.79 Å². The number of methoxy groups -OCH3 is 3. The summed E-state index contributed by atoms with van der Waals surface area (Å²) in [5.41, 5.74) is 2.09. The van der Waals surface area contributed by atoms with Gasteiger partial charge in [-0.25, -0.2) is 4.79 Å². The molecule has 116 valence electrons. The summed E-state index contributed by atoms with van der Waals surface area (Å²) in [6, 6.07) is 5.58. The number of hydrogen-bond donors (Lipinski definition) is 1. The Balaban J connectivity index is 0.00000220. The normalized spacial score (nSPS) is 20.3. The number of likely N-dealkylation sites (N-methyl/N-ethyl adjacent to an activating group) is 1. The molecule has 0 aromatic heterocycles. The van der Waals surface area contributed by atoms with Crippen molar-refractivity contribution in [3.05, 3.63) is 29.8 Å². The van der Waals surface area contributed by atoms with Crippen molar-refractivity contribution in [3.63, 3.8) is 0 Å². The van der Waals surface area contributed by atoms with Crippen LogP contribution < -0.4 is 38.4 Å². The molecular weight excluding hydrogens is 385 g/mol. The Labute approximate surface area is 141 Å². The van der Waals surface area contributed by atoms with Crippen molar-refractivity contribution in [3.8, 4) is 11.5 Å². The van der Waals surface area contributed by atoms with Crippen molar-refractivity contribution >= 4 is 11.7 Å². The summed E-state index contributed by atoms with van der Waals surface area (Å²) in [6.45, 7) is 0. The molecule has 0 bridgehead atoms. The van der Waals surface area contributed by atoms with Crippen LogP contribution in [0.3, 0.4) is 0 Å². The summed E-state index contributed by atoms with van der Waals surface area (Å²) in [6.07, 6.45) is 2.75. The summed E-state index contributed by atoms with van der Waals surface area (Å²) in [7, 11) is 6.61. The van der Waals surface area contributed by atoms with Gasteiger partial charge in [-0.15, -0.1) is 0 Å². The number of carbonyl (C=O) groups is 1. The van der Waals surface area contributed by atoms with Crippen LogP contribution in [0.15, 0.2) is 24.3 Å². The minimum absolute atomic E-state index is 0. The minimum atomic E-state index is -0.186. The zero-order valence-corrected chi connectivity index (χ0v) is 14.8. The van der Waals surface area contributed by atoms with Crippen LogP contribution >= 0.6 is 0 Å². The maximum Gasteiger partial charge on any atom is 0.365 e. The second kappa shape index (κ2) is 7.65. The first-order valence-corrected chi connectivity index (χ1v) is 6.46. The fourth-order valence-electron chi connectivity index (χ4n) is 2.53. The average Bonchev–Trinajstić information content (AvgIpc) is 2.87. The minimum Gasteiger partial charge on any atom is -1.00 e. The van der Waals surface area contributed by atoms with Gasteiger partial charge in [0.1, 0.15) is 5.70 Å². The fourth-order valence-corrected chi connectivity index (χ4v) is 2.53. The van der Waals surface area contributed by atoms with Gasteiger partial charge < -0.3 is 38.2 Å². The van der Waals surface area contributed by atoms with Crippen molar-refractivity contribution < 1.29 is 47.9 Å². The molecule has 1 aromatic rings. The van der Waals surface area contributed by atoms with Crippen LogP contribution in [0.4, 0.5) is 0 Å². The zero-order valence-electron chi connectivity index (χ0n) is 12.6. The summed E-state index contributed by atoms with van der Waals surface area (Å²) in [5.74, 6) is 1.19. The first-order chi connectivity index (χ1) is 9.62. The fraction of sp³-hybridized carbons (Fsp3) is 0.400. The lowest BCUT2D eigenvalue weighted by molar-refractivity contribution is -0.816. The van der Waals surface area contributed by atoms with Crippen LogP contribution in [-0.2, 0) is 9.53 Å². The number of hydrogen-bond acceptors (Lipinski definition) is 4. The van der Waals surface area contributed by atoms with E-state index in [2.05, 4.69) is 6.08 Å². The smallest absolute Gasteiger partial charge is 0.365 e. The topological polar surface area (TPSA) is 49.2 Å². The summed E-state index contributed by atoms with van der Waals surface area (Å²) < 4.78 is 15.4. The number of nitrogens with one attached hydrogen (secondary N) is 1. The Hall–Kier alpha value is -1.28. The third-order valence-corrected chi connectivity index (χ3v) is 3.69. The Morgan fingerprint density at radius 1 is 1.19 bits per heavy atom. The number of rotatable bonds is 4. The molecule has 5 nitrogen and oxygen atoms in total. The monoisotopic (exact) mass is 405 g/mol. The van der Waals surface area contributed by atoms with Crippen molar-refractivity contribution in [2.24, 2.45) is 0 Å². The maximum absolute atomic E-state index is 11.7. The number of halogens is 1. The molecule has 2 atom stereocenters. The highest BCUT2D eigenvalue weighted by molar-refractivity contribution is 5.77. The van der Waals surface area contributed by atoms with Crippen LogP contribution in [0.25, 0.3) is 5.70 Å². The maximum atomic E-state index is 11.7.